The van der Waals surface area contributed by atoms with Gasteiger partial charge in [0.1, 0.15) is 18.5 Å². The summed E-state index contributed by atoms with van der Waals surface area (Å²) in [5.74, 6) is -1.86. The zero-order chi connectivity index (χ0) is 24.2. The molecule has 2 unspecified atom stereocenters. The van der Waals surface area contributed by atoms with Gasteiger partial charge in [0.25, 0.3) is 0 Å². The first-order valence-electron chi connectivity index (χ1n) is 10.4. The van der Waals surface area contributed by atoms with Crippen LogP contribution in [0.15, 0.2) is 72.8 Å². The molecule has 1 aliphatic rings. The Balaban J connectivity index is 1.42. The van der Waals surface area contributed by atoms with Gasteiger partial charge in [0.2, 0.25) is 0 Å². The van der Waals surface area contributed by atoms with Crippen LogP contribution in [0.2, 0.25) is 0 Å². The topological polar surface area (TPSA) is 105 Å². The molecule has 0 heterocycles. The predicted molar refractivity (Wildman–Crippen MR) is 118 cm³/mol. The van der Waals surface area contributed by atoms with Gasteiger partial charge < -0.3 is 25.0 Å². The molecule has 0 aromatic heterocycles. The second-order valence-corrected chi connectivity index (χ2v) is 7.68. The minimum absolute atomic E-state index is 0.0258. The highest BCUT2D eigenvalue weighted by molar-refractivity contribution is 5.81. The molecule has 0 aliphatic heterocycles. The number of benzene rings is 3. The van der Waals surface area contributed by atoms with Gasteiger partial charge in [-0.2, -0.15) is 8.78 Å². The molecule has 0 bridgehead atoms. The molecule has 176 valence electrons. The number of fused-ring (bicyclic) bond motifs is 3. The quantitative estimate of drug-likeness (QED) is 0.454. The zero-order valence-corrected chi connectivity index (χ0v) is 17.7. The number of aliphatic hydroxyl groups is 1. The monoisotopic (exact) mass is 469 g/mol. The van der Waals surface area contributed by atoms with Gasteiger partial charge in [0, 0.05) is 5.92 Å². The van der Waals surface area contributed by atoms with Crippen molar-refractivity contribution in [1.29, 1.82) is 0 Å². The van der Waals surface area contributed by atoms with Crippen LogP contribution in [-0.2, 0) is 9.53 Å². The summed E-state index contributed by atoms with van der Waals surface area (Å²) in [5.41, 5.74) is 4.18. The minimum Gasteiger partial charge on any atom is -0.480 e. The lowest BCUT2D eigenvalue weighted by Gasteiger charge is -2.21. The average molecular weight is 469 g/mol. The molecule has 4 rings (SSSR count). The van der Waals surface area contributed by atoms with E-state index in [0.29, 0.717) is 0 Å². The summed E-state index contributed by atoms with van der Waals surface area (Å²) in [4.78, 5) is 24.1. The van der Waals surface area contributed by atoms with Crippen molar-refractivity contribution >= 4 is 12.1 Å². The second kappa shape index (κ2) is 9.88. The van der Waals surface area contributed by atoms with Crippen LogP contribution in [0, 0.1) is 0 Å². The van der Waals surface area contributed by atoms with Crippen LogP contribution >= 0.6 is 0 Å². The van der Waals surface area contributed by atoms with Crippen LogP contribution in [0.5, 0.6) is 5.75 Å². The van der Waals surface area contributed by atoms with Crippen molar-refractivity contribution in [2.75, 3.05) is 6.61 Å². The van der Waals surface area contributed by atoms with Crippen LogP contribution in [0.1, 0.15) is 28.7 Å². The molecule has 3 aromatic rings. The van der Waals surface area contributed by atoms with Crippen molar-refractivity contribution in [3.05, 3.63) is 89.5 Å². The Morgan fingerprint density at radius 1 is 0.912 bits per heavy atom. The fourth-order valence-electron chi connectivity index (χ4n) is 4.08. The second-order valence-electron chi connectivity index (χ2n) is 7.68. The molecule has 0 spiro atoms. The lowest BCUT2D eigenvalue weighted by molar-refractivity contribution is -0.142. The number of carboxylic acids is 1. The van der Waals surface area contributed by atoms with E-state index >= 15 is 0 Å². The number of alkyl halides is 2. The smallest absolute Gasteiger partial charge is 0.407 e. The maximum atomic E-state index is 12.4. The van der Waals surface area contributed by atoms with Crippen molar-refractivity contribution < 1.29 is 38.1 Å². The van der Waals surface area contributed by atoms with E-state index in [-0.39, 0.29) is 23.8 Å². The fraction of sp³-hybridized carbons (Fsp3) is 0.200. The normalized spacial score (nSPS) is 14.1. The van der Waals surface area contributed by atoms with Gasteiger partial charge in [-0.15, -0.1) is 0 Å². The van der Waals surface area contributed by atoms with Crippen molar-refractivity contribution in [1.82, 2.24) is 5.32 Å². The molecule has 0 radical (unpaired) electrons. The third kappa shape index (κ3) is 4.84. The number of carboxylic acid groups (broad SMARTS) is 1. The Kier molecular flexibility index (Phi) is 6.74. The van der Waals surface area contributed by atoms with Crippen molar-refractivity contribution in [3.8, 4) is 16.9 Å². The number of carbonyl (C=O) groups is 2. The SMILES string of the molecule is O=C(NC(C(=O)O)C(O)c1ccc(OC(F)F)cc1)OCC1c2ccccc2-c2ccccc21. The van der Waals surface area contributed by atoms with Crippen LogP contribution in [0.4, 0.5) is 13.6 Å². The summed E-state index contributed by atoms with van der Waals surface area (Å²) >= 11 is 0. The largest absolute Gasteiger partial charge is 0.480 e. The highest BCUT2D eigenvalue weighted by atomic mass is 19.3. The number of hydrogen-bond donors (Lipinski definition) is 3. The number of nitrogens with one attached hydrogen (secondary N) is 1. The van der Waals surface area contributed by atoms with Gasteiger partial charge in [-0.3, -0.25) is 0 Å². The Hall–Kier alpha value is -3.98. The molecule has 3 aromatic carbocycles. The first-order valence-corrected chi connectivity index (χ1v) is 10.4. The number of amides is 1. The first kappa shape index (κ1) is 23.2. The highest BCUT2D eigenvalue weighted by Gasteiger charge is 2.32. The van der Waals surface area contributed by atoms with E-state index in [1.807, 2.05) is 48.5 Å². The van der Waals surface area contributed by atoms with Crippen LogP contribution in [0.3, 0.4) is 0 Å². The summed E-state index contributed by atoms with van der Waals surface area (Å²) in [6, 6.07) is 18.6. The van der Waals surface area contributed by atoms with Gasteiger partial charge >= 0.3 is 18.7 Å². The summed E-state index contributed by atoms with van der Waals surface area (Å²) in [7, 11) is 0. The standard InChI is InChI=1S/C25H21F2NO6/c26-24(27)34-15-11-9-14(10-12-15)22(29)21(23(30)31)28-25(32)33-13-20-18-7-3-1-5-16(18)17-6-2-4-8-19(17)20/h1-12,20-22,24,29H,13H2,(H,28,32)(H,30,31). The Bertz CT molecular complexity index is 1140. The van der Waals surface area contributed by atoms with Gasteiger partial charge in [-0.05, 0) is 39.9 Å². The highest BCUT2D eigenvalue weighted by Crippen LogP contribution is 2.44. The molecule has 2 atom stereocenters. The van der Waals surface area contributed by atoms with E-state index in [1.54, 1.807) is 0 Å². The number of aliphatic hydroxyl groups excluding tert-OH is 1. The zero-order valence-electron chi connectivity index (χ0n) is 17.7. The fourth-order valence-corrected chi connectivity index (χ4v) is 4.08. The molecule has 1 aliphatic carbocycles. The lowest BCUT2D eigenvalue weighted by Crippen LogP contribution is -2.45. The average Bonchev–Trinajstić information content (AvgIpc) is 3.14. The number of ether oxygens (including phenoxy) is 2. The van der Waals surface area contributed by atoms with E-state index in [1.165, 1.54) is 12.1 Å². The molecule has 1 amide bonds. The van der Waals surface area contributed by atoms with E-state index in [0.717, 1.165) is 34.4 Å². The maximum absolute atomic E-state index is 12.4. The summed E-state index contributed by atoms with van der Waals surface area (Å²) in [6.07, 6.45) is -2.66. The van der Waals surface area contributed by atoms with E-state index < -0.39 is 30.8 Å². The number of hydrogen-bond acceptors (Lipinski definition) is 5. The molecule has 0 fully saturated rings. The number of rotatable bonds is 8. The number of halogens is 2. The molecule has 7 nitrogen and oxygen atoms in total. The summed E-state index contributed by atoms with van der Waals surface area (Å²) < 4.78 is 34.2. The Morgan fingerprint density at radius 3 is 2.00 bits per heavy atom. The lowest BCUT2D eigenvalue weighted by atomic mass is 9.98. The number of carbonyl (C=O) groups excluding carboxylic acids is 1. The molecule has 3 N–H and O–H groups in total. The summed E-state index contributed by atoms with van der Waals surface area (Å²) in [6.45, 7) is -3.04. The Morgan fingerprint density at radius 2 is 1.47 bits per heavy atom. The third-order valence-electron chi connectivity index (χ3n) is 5.65. The maximum Gasteiger partial charge on any atom is 0.407 e. The van der Waals surface area contributed by atoms with Gasteiger partial charge in [0.05, 0.1) is 0 Å². The third-order valence-corrected chi connectivity index (χ3v) is 5.65. The molecule has 0 saturated carbocycles. The Labute approximate surface area is 193 Å². The van der Waals surface area contributed by atoms with Gasteiger partial charge in [0.15, 0.2) is 6.04 Å². The van der Waals surface area contributed by atoms with Crippen molar-refractivity contribution in [3.63, 3.8) is 0 Å². The molecular formula is C25H21F2NO6. The molecule has 0 saturated heterocycles. The minimum atomic E-state index is -3.02. The van der Waals surface area contributed by atoms with E-state index in [4.69, 9.17) is 4.74 Å². The van der Waals surface area contributed by atoms with Gasteiger partial charge in [-0.25, -0.2) is 9.59 Å². The van der Waals surface area contributed by atoms with E-state index in [9.17, 15) is 28.6 Å². The summed E-state index contributed by atoms with van der Waals surface area (Å²) in [5, 5.41) is 22.2. The van der Waals surface area contributed by atoms with Crippen LogP contribution in [-0.4, -0.2) is 41.5 Å². The first-order chi connectivity index (χ1) is 16.3. The molecule has 9 heteroatoms. The van der Waals surface area contributed by atoms with Crippen LogP contribution in [0.25, 0.3) is 11.1 Å². The van der Waals surface area contributed by atoms with Crippen molar-refractivity contribution in [2.45, 2.75) is 24.7 Å². The van der Waals surface area contributed by atoms with Gasteiger partial charge in [-0.1, -0.05) is 60.7 Å². The van der Waals surface area contributed by atoms with E-state index in [2.05, 4.69) is 10.1 Å². The number of aliphatic carboxylic acids is 1. The number of alkyl carbamates (subject to hydrolysis) is 1. The molecule has 34 heavy (non-hydrogen) atoms. The molecular weight excluding hydrogens is 448 g/mol. The van der Waals surface area contributed by atoms with Crippen molar-refractivity contribution in [2.24, 2.45) is 0 Å². The predicted octanol–water partition coefficient (Wildman–Crippen LogP) is 4.31. The van der Waals surface area contributed by atoms with Crippen LogP contribution < -0.4 is 10.1 Å².